The SMILES string of the molecule is O=C(/C=C/C#Cc1ccccc1)C(=O)NO. The summed E-state index contributed by atoms with van der Waals surface area (Å²) >= 11 is 0. The molecule has 4 nitrogen and oxygen atoms in total. The van der Waals surface area contributed by atoms with Gasteiger partial charge in [0, 0.05) is 5.56 Å². The number of allylic oxidation sites excluding steroid dienone is 1. The van der Waals surface area contributed by atoms with E-state index >= 15 is 0 Å². The predicted octanol–water partition coefficient (Wildman–Crippen LogP) is 0.669. The lowest BCUT2D eigenvalue weighted by Gasteiger charge is -1.88. The van der Waals surface area contributed by atoms with E-state index in [1.807, 2.05) is 30.3 Å². The molecule has 0 saturated heterocycles. The Morgan fingerprint density at radius 3 is 2.56 bits per heavy atom. The predicted molar refractivity (Wildman–Crippen MR) is 57.4 cm³/mol. The van der Waals surface area contributed by atoms with Crippen molar-refractivity contribution < 1.29 is 14.8 Å². The third-order valence-corrected chi connectivity index (χ3v) is 1.63. The van der Waals surface area contributed by atoms with Crippen molar-refractivity contribution in [1.29, 1.82) is 0 Å². The first-order chi connectivity index (χ1) is 7.74. The van der Waals surface area contributed by atoms with Crippen molar-refractivity contribution in [2.45, 2.75) is 0 Å². The van der Waals surface area contributed by atoms with Gasteiger partial charge < -0.3 is 0 Å². The van der Waals surface area contributed by atoms with Gasteiger partial charge in [0.05, 0.1) is 0 Å². The van der Waals surface area contributed by atoms with Crippen molar-refractivity contribution in [3.05, 3.63) is 48.0 Å². The van der Waals surface area contributed by atoms with Gasteiger partial charge in [-0.15, -0.1) is 0 Å². The van der Waals surface area contributed by atoms with Crippen LogP contribution in [0.15, 0.2) is 42.5 Å². The van der Waals surface area contributed by atoms with Gasteiger partial charge >= 0.3 is 5.91 Å². The lowest BCUT2D eigenvalue weighted by Crippen LogP contribution is -2.26. The first kappa shape index (κ1) is 11.7. The van der Waals surface area contributed by atoms with Crippen molar-refractivity contribution in [1.82, 2.24) is 5.48 Å². The minimum absolute atomic E-state index is 0.811. The van der Waals surface area contributed by atoms with E-state index in [-0.39, 0.29) is 0 Å². The summed E-state index contributed by atoms with van der Waals surface area (Å²) in [6, 6.07) is 9.21. The minimum atomic E-state index is -1.09. The van der Waals surface area contributed by atoms with Crippen molar-refractivity contribution in [2.75, 3.05) is 0 Å². The van der Waals surface area contributed by atoms with Gasteiger partial charge in [-0.05, 0) is 24.3 Å². The van der Waals surface area contributed by atoms with Crippen LogP contribution in [0.4, 0.5) is 0 Å². The summed E-state index contributed by atoms with van der Waals surface area (Å²) in [4.78, 5) is 21.4. The summed E-state index contributed by atoms with van der Waals surface area (Å²) < 4.78 is 0. The Bertz CT molecular complexity index is 466. The number of ketones is 1. The van der Waals surface area contributed by atoms with E-state index in [2.05, 4.69) is 11.8 Å². The Hall–Kier alpha value is -2.38. The molecule has 0 heterocycles. The van der Waals surface area contributed by atoms with Crippen LogP contribution >= 0.6 is 0 Å². The molecule has 0 fully saturated rings. The number of hydroxylamine groups is 1. The second-order valence-corrected chi connectivity index (χ2v) is 2.77. The zero-order valence-electron chi connectivity index (χ0n) is 8.31. The summed E-state index contributed by atoms with van der Waals surface area (Å²) in [6.07, 6.45) is 2.24. The Labute approximate surface area is 92.6 Å². The second-order valence-electron chi connectivity index (χ2n) is 2.77. The monoisotopic (exact) mass is 215 g/mol. The molecule has 1 aromatic carbocycles. The summed E-state index contributed by atoms with van der Waals surface area (Å²) in [7, 11) is 0. The molecule has 0 aliphatic rings. The van der Waals surface area contributed by atoms with Crippen molar-refractivity contribution in [2.24, 2.45) is 0 Å². The number of carbonyl (C=O) groups is 2. The third kappa shape index (κ3) is 3.78. The molecule has 4 heteroatoms. The van der Waals surface area contributed by atoms with E-state index in [1.165, 1.54) is 11.6 Å². The van der Waals surface area contributed by atoms with Crippen molar-refractivity contribution >= 4 is 11.7 Å². The largest absolute Gasteiger partial charge is 0.315 e. The van der Waals surface area contributed by atoms with Crippen LogP contribution in [0.2, 0.25) is 0 Å². The van der Waals surface area contributed by atoms with Gasteiger partial charge in [0.1, 0.15) is 0 Å². The fourth-order valence-electron chi connectivity index (χ4n) is 0.895. The van der Waals surface area contributed by atoms with Crippen LogP contribution < -0.4 is 5.48 Å². The number of benzene rings is 1. The zero-order chi connectivity index (χ0) is 11.8. The summed E-state index contributed by atoms with van der Waals surface area (Å²) in [5.74, 6) is 3.43. The highest BCUT2D eigenvalue weighted by atomic mass is 16.5. The molecule has 1 amide bonds. The molecular formula is C12H9NO3. The third-order valence-electron chi connectivity index (χ3n) is 1.63. The molecule has 0 radical (unpaired) electrons. The molecule has 2 N–H and O–H groups in total. The smallest absolute Gasteiger partial charge is 0.288 e. The molecule has 0 aliphatic heterocycles. The van der Waals surface area contributed by atoms with Gasteiger partial charge in [-0.25, -0.2) is 5.48 Å². The highest BCUT2D eigenvalue weighted by Crippen LogP contribution is 1.94. The standard InChI is InChI=1S/C12H9NO3/c14-11(12(15)13-16)9-5-4-8-10-6-2-1-3-7-10/h1-3,5-7,9,16H,(H,13,15)/b9-5+. The van der Waals surface area contributed by atoms with Crippen LogP contribution in [0.5, 0.6) is 0 Å². The number of hydrogen-bond acceptors (Lipinski definition) is 3. The fourth-order valence-corrected chi connectivity index (χ4v) is 0.895. The first-order valence-corrected chi connectivity index (χ1v) is 4.45. The molecule has 80 valence electrons. The Balaban J connectivity index is 2.59. The molecule has 0 atom stereocenters. The highest BCUT2D eigenvalue weighted by molar-refractivity contribution is 6.40. The summed E-state index contributed by atoms with van der Waals surface area (Å²) in [5, 5.41) is 8.15. The summed E-state index contributed by atoms with van der Waals surface area (Å²) in [6.45, 7) is 0. The number of nitrogens with one attached hydrogen (secondary N) is 1. The maximum Gasteiger partial charge on any atom is 0.315 e. The van der Waals surface area contributed by atoms with Gasteiger partial charge in [0.25, 0.3) is 0 Å². The Kier molecular flexibility index (Phi) is 4.51. The highest BCUT2D eigenvalue weighted by Gasteiger charge is 2.06. The van der Waals surface area contributed by atoms with Gasteiger partial charge in [-0.3, -0.25) is 14.8 Å². The van der Waals surface area contributed by atoms with E-state index < -0.39 is 11.7 Å². The normalized spacial score (nSPS) is 9.31. The maximum atomic E-state index is 10.9. The molecular weight excluding hydrogens is 206 g/mol. The van der Waals surface area contributed by atoms with Gasteiger partial charge in [0.15, 0.2) is 0 Å². The van der Waals surface area contributed by atoms with E-state index in [9.17, 15) is 9.59 Å². The number of rotatable bonds is 2. The van der Waals surface area contributed by atoms with Crippen molar-refractivity contribution in [3.63, 3.8) is 0 Å². The molecule has 0 saturated carbocycles. The Morgan fingerprint density at radius 2 is 1.94 bits per heavy atom. The van der Waals surface area contributed by atoms with Crippen LogP contribution in [0.1, 0.15) is 5.56 Å². The van der Waals surface area contributed by atoms with Gasteiger partial charge in [0.2, 0.25) is 5.78 Å². The fraction of sp³-hybridized carbons (Fsp3) is 0. The molecule has 1 rings (SSSR count). The lowest BCUT2D eigenvalue weighted by atomic mass is 10.2. The summed E-state index contributed by atoms with van der Waals surface area (Å²) in [5.41, 5.74) is 2.05. The topological polar surface area (TPSA) is 66.4 Å². The van der Waals surface area contributed by atoms with Crippen LogP contribution in [0.25, 0.3) is 0 Å². The van der Waals surface area contributed by atoms with E-state index in [4.69, 9.17) is 5.21 Å². The van der Waals surface area contributed by atoms with E-state index in [0.29, 0.717) is 0 Å². The maximum absolute atomic E-state index is 10.9. The number of carbonyl (C=O) groups excluding carboxylic acids is 2. The van der Waals surface area contributed by atoms with Gasteiger partial charge in [-0.1, -0.05) is 30.0 Å². The molecule has 0 aromatic heterocycles. The molecule has 0 bridgehead atoms. The molecule has 0 spiro atoms. The van der Waals surface area contributed by atoms with Crippen LogP contribution in [0.3, 0.4) is 0 Å². The number of hydrogen-bond donors (Lipinski definition) is 2. The Morgan fingerprint density at radius 1 is 1.25 bits per heavy atom. The average molecular weight is 215 g/mol. The molecule has 0 aliphatic carbocycles. The lowest BCUT2D eigenvalue weighted by molar-refractivity contribution is -0.140. The second kappa shape index (κ2) is 6.17. The number of amides is 1. The molecule has 1 aromatic rings. The van der Waals surface area contributed by atoms with Crippen molar-refractivity contribution in [3.8, 4) is 11.8 Å². The van der Waals surface area contributed by atoms with Crippen LogP contribution in [-0.4, -0.2) is 16.9 Å². The molecule has 16 heavy (non-hydrogen) atoms. The van der Waals surface area contributed by atoms with E-state index in [0.717, 1.165) is 11.6 Å². The van der Waals surface area contributed by atoms with Gasteiger partial charge in [-0.2, -0.15) is 0 Å². The first-order valence-electron chi connectivity index (χ1n) is 4.45. The minimum Gasteiger partial charge on any atom is -0.288 e. The quantitative estimate of drug-likeness (QED) is 0.250. The van der Waals surface area contributed by atoms with Crippen LogP contribution in [0, 0.1) is 11.8 Å². The zero-order valence-corrected chi connectivity index (χ0v) is 8.31. The van der Waals surface area contributed by atoms with Crippen LogP contribution in [-0.2, 0) is 9.59 Å². The van der Waals surface area contributed by atoms with E-state index in [1.54, 1.807) is 0 Å². The average Bonchev–Trinajstić information content (AvgIpc) is 2.34. The molecule has 0 unspecified atom stereocenters.